The minimum absolute atomic E-state index is 0.431. The fraction of sp³-hybridized carbons (Fsp3) is 0.0714. The lowest BCUT2D eigenvalue weighted by atomic mass is 10.2. The number of ether oxygens (including phenoxy) is 1. The van der Waals surface area contributed by atoms with Crippen molar-refractivity contribution in [3.63, 3.8) is 0 Å². The van der Waals surface area contributed by atoms with Gasteiger partial charge in [0.2, 0.25) is 5.90 Å². The molecule has 0 aliphatic carbocycles. The average molecular weight is 274 g/mol. The lowest BCUT2D eigenvalue weighted by molar-refractivity contribution is 0.403. The molecule has 19 heavy (non-hydrogen) atoms. The topological polar surface area (TPSA) is 46.8 Å². The molecule has 0 aliphatic heterocycles. The predicted molar refractivity (Wildman–Crippen MR) is 76.8 cm³/mol. The summed E-state index contributed by atoms with van der Waals surface area (Å²) in [6.07, 6.45) is 4.96. The minimum Gasteiger partial charge on any atom is -0.479 e. The fourth-order valence-electron chi connectivity index (χ4n) is 1.45. The average Bonchev–Trinajstić information content (AvgIpc) is 2.45. The van der Waals surface area contributed by atoms with Crippen LogP contribution in [0.25, 0.3) is 0 Å². The van der Waals surface area contributed by atoms with E-state index in [0.717, 1.165) is 11.1 Å². The van der Waals surface area contributed by atoms with Crippen molar-refractivity contribution in [2.24, 2.45) is 10.2 Å². The van der Waals surface area contributed by atoms with Gasteiger partial charge < -0.3 is 4.74 Å². The summed E-state index contributed by atoms with van der Waals surface area (Å²) in [4.78, 5) is 3.94. The number of hydrogen-bond acceptors (Lipinski definition) is 4. The Bertz CT molecular complexity index is 597. The molecule has 0 unspecified atom stereocenters. The van der Waals surface area contributed by atoms with Gasteiger partial charge in [0.1, 0.15) is 0 Å². The number of methoxy groups -OCH3 is 1. The minimum atomic E-state index is 0.431. The molecule has 0 aliphatic rings. The summed E-state index contributed by atoms with van der Waals surface area (Å²) in [6.45, 7) is 0. The molecule has 0 fully saturated rings. The van der Waals surface area contributed by atoms with Crippen molar-refractivity contribution in [1.82, 2.24) is 4.98 Å². The number of aromatic nitrogens is 1. The Hall–Kier alpha value is -2.20. The van der Waals surface area contributed by atoms with E-state index in [9.17, 15) is 0 Å². The lowest BCUT2D eigenvalue weighted by Gasteiger charge is -2.01. The Labute approximate surface area is 116 Å². The molecular formula is C14H12ClN3O. The molecule has 2 aromatic rings. The van der Waals surface area contributed by atoms with Crippen LogP contribution in [0.1, 0.15) is 11.1 Å². The Morgan fingerprint density at radius 2 is 2.05 bits per heavy atom. The van der Waals surface area contributed by atoms with Gasteiger partial charge >= 0.3 is 0 Å². The van der Waals surface area contributed by atoms with E-state index in [4.69, 9.17) is 16.3 Å². The van der Waals surface area contributed by atoms with Crippen molar-refractivity contribution in [3.05, 3.63) is 64.9 Å². The first-order valence-corrected chi connectivity index (χ1v) is 5.98. The molecule has 0 saturated heterocycles. The molecule has 0 atom stereocenters. The number of benzene rings is 1. The summed E-state index contributed by atoms with van der Waals surface area (Å²) < 4.78 is 5.18. The Kier molecular flexibility index (Phi) is 4.64. The highest BCUT2D eigenvalue weighted by atomic mass is 35.5. The summed E-state index contributed by atoms with van der Waals surface area (Å²) in [6, 6.07) is 11.0. The van der Waals surface area contributed by atoms with Crippen LogP contribution in [-0.4, -0.2) is 24.2 Å². The highest BCUT2D eigenvalue weighted by molar-refractivity contribution is 6.30. The molecule has 0 spiro atoms. The third-order valence-electron chi connectivity index (χ3n) is 2.32. The molecule has 0 saturated carbocycles. The fourth-order valence-corrected chi connectivity index (χ4v) is 1.64. The second-order valence-electron chi connectivity index (χ2n) is 3.64. The Morgan fingerprint density at radius 1 is 1.26 bits per heavy atom. The first kappa shape index (κ1) is 13.2. The van der Waals surface area contributed by atoms with Crippen LogP contribution < -0.4 is 0 Å². The second kappa shape index (κ2) is 6.66. The molecule has 4 nitrogen and oxygen atoms in total. The van der Waals surface area contributed by atoms with Crippen LogP contribution in [0.15, 0.2) is 59.0 Å². The standard InChI is InChI=1S/C14H12ClN3O/c1-19-14(12-5-7-16-8-6-12)18-17-10-11-3-2-4-13(15)9-11/h2-10H,1H3/b17-10+,18-14-. The predicted octanol–water partition coefficient (Wildman–Crippen LogP) is 3.16. The van der Waals surface area contributed by atoms with E-state index in [1.807, 2.05) is 12.1 Å². The zero-order valence-electron chi connectivity index (χ0n) is 10.3. The molecule has 0 N–H and O–H groups in total. The molecule has 0 radical (unpaired) electrons. The van der Waals surface area contributed by atoms with Gasteiger partial charge in [-0.05, 0) is 29.8 Å². The van der Waals surface area contributed by atoms with E-state index in [2.05, 4.69) is 15.2 Å². The van der Waals surface area contributed by atoms with Gasteiger partial charge in [-0.3, -0.25) is 4.98 Å². The van der Waals surface area contributed by atoms with E-state index >= 15 is 0 Å². The molecule has 5 heteroatoms. The third kappa shape index (κ3) is 3.89. The summed E-state index contributed by atoms with van der Waals surface area (Å²) in [5, 5.41) is 8.68. The van der Waals surface area contributed by atoms with Gasteiger partial charge in [-0.15, -0.1) is 5.10 Å². The zero-order chi connectivity index (χ0) is 13.5. The van der Waals surface area contributed by atoms with Gasteiger partial charge in [-0.1, -0.05) is 23.7 Å². The summed E-state index contributed by atoms with van der Waals surface area (Å²) in [7, 11) is 1.55. The summed E-state index contributed by atoms with van der Waals surface area (Å²) >= 11 is 5.88. The molecule has 2 rings (SSSR count). The third-order valence-corrected chi connectivity index (χ3v) is 2.56. The van der Waals surface area contributed by atoms with E-state index in [-0.39, 0.29) is 0 Å². The van der Waals surface area contributed by atoms with Gasteiger partial charge in [0, 0.05) is 23.0 Å². The molecule has 0 amide bonds. The van der Waals surface area contributed by atoms with Crippen molar-refractivity contribution >= 4 is 23.7 Å². The number of halogens is 1. The van der Waals surface area contributed by atoms with Crippen molar-refractivity contribution < 1.29 is 4.74 Å². The van der Waals surface area contributed by atoms with Crippen LogP contribution in [0.2, 0.25) is 5.02 Å². The largest absolute Gasteiger partial charge is 0.479 e. The maximum Gasteiger partial charge on any atom is 0.240 e. The Balaban J connectivity index is 2.16. The maximum atomic E-state index is 5.88. The van der Waals surface area contributed by atoms with E-state index in [1.165, 1.54) is 0 Å². The molecule has 1 aromatic heterocycles. The van der Waals surface area contributed by atoms with E-state index < -0.39 is 0 Å². The van der Waals surface area contributed by atoms with Crippen molar-refractivity contribution in [2.75, 3.05) is 7.11 Å². The molecule has 1 heterocycles. The molecule has 96 valence electrons. The van der Waals surface area contributed by atoms with E-state index in [0.29, 0.717) is 10.9 Å². The first-order chi connectivity index (χ1) is 9.29. The number of rotatable bonds is 3. The van der Waals surface area contributed by atoms with Crippen LogP contribution in [0.3, 0.4) is 0 Å². The van der Waals surface area contributed by atoms with Gasteiger partial charge in [0.05, 0.1) is 13.3 Å². The quantitative estimate of drug-likeness (QED) is 0.490. The highest BCUT2D eigenvalue weighted by Gasteiger charge is 2.01. The van der Waals surface area contributed by atoms with Gasteiger partial charge in [0.15, 0.2) is 0 Å². The number of hydrogen-bond donors (Lipinski definition) is 0. The SMILES string of the molecule is CO/C(=N\N=C\c1cccc(Cl)c1)c1ccncc1. The zero-order valence-corrected chi connectivity index (χ0v) is 11.1. The monoisotopic (exact) mass is 273 g/mol. The first-order valence-electron chi connectivity index (χ1n) is 5.60. The normalized spacial score (nSPS) is 11.8. The van der Waals surface area contributed by atoms with Gasteiger partial charge in [-0.2, -0.15) is 5.10 Å². The lowest BCUT2D eigenvalue weighted by Crippen LogP contribution is -2.02. The van der Waals surface area contributed by atoms with Crippen LogP contribution in [0, 0.1) is 0 Å². The highest BCUT2D eigenvalue weighted by Crippen LogP contribution is 2.09. The van der Waals surface area contributed by atoms with Crippen molar-refractivity contribution in [2.45, 2.75) is 0 Å². The maximum absolute atomic E-state index is 5.88. The number of nitrogens with zero attached hydrogens (tertiary/aromatic N) is 3. The van der Waals surface area contributed by atoms with Crippen molar-refractivity contribution in [1.29, 1.82) is 0 Å². The Morgan fingerprint density at radius 3 is 2.74 bits per heavy atom. The van der Waals surface area contributed by atoms with Crippen LogP contribution in [0.5, 0.6) is 0 Å². The number of pyridine rings is 1. The smallest absolute Gasteiger partial charge is 0.240 e. The molecule has 1 aromatic carbocycles. The van der Waals surface area contributed by atoms with Crippen molar-refractivity contribution in [3.8, 4) is 0 Å². The van der Waals surface area contributed by atoms with Crippen LogP contribution >= 0.6 is 11.6 Å². The van der Waals surface area contributed by atoms with Gasteiger partial charge in [-0.25, -0.2) is 0 Å². The van der Waals surface area contributed by atoms with Crippen LogP contribution in [-0.2, 0) is 4.74 Å². The van der Waals surface area contributed by atoms with Crippen LogP contribution in [0.4, 0.5) is 0 Å². The second-order valence-corrected chi connectivity index (χ2v) is 4.08. The van der Waals surface area contributed by atoms with E-state index in [1.54, 1.807) is 50.0 Å². The summed E-state index contributed by atoms with van der Waals surface area (Å²) in [5.41, 5.74) is 1.70. The summed E-state index contributed by atoms with van der Waals surface area (Å²) in [5.74, 6) is 0.431. The molecular weight excluding hydrogens is 262 g/mol. The molecule has 0 bridgehead atoms. The van der Waals surface area contributed by atoms with Gasteiger partial charge in [0.25, 0.3) is 0 Å².